The van der Waals surface area contributed by atoms with Crippen LogP contribution in [-0.4, -0.2) is 67.5 Å². The predicted molar refractivity (Wildman–Crippen MR) is 149 cm³/mol. The first-order valence-corrected chi connectivity index (χ1v) is 14.5. The average molecular weight is 561 g/mol. The van der Waals surface area contributed by atoms with Gasteiger partial charge in [-0.3, -0.25) is 14.4 Å². The molecule has 4 aliphatic rings. The second-order valence-corrected chi connectivity index (χ2v) is 15.0. The summed E-state index contributed by atoms with van der Waals surface area (Å²) in [5.41, 5.74) is -5.04. The van der Waals surface area contributed by atoms with E-state index in [0.29, 0.717) is 12.8 Å². The Kier molecular flexibility index (Phi) is 7.24. The van der Waals surface area contributed by atoms with Crippen molar-refractivity contribution in [1.29, 1.82) is 0 Å². The van der Waals surface area contributed by atoms with Crippen molar-refractivity contribution in [2.45, 2.75) is 118 Å². The molecule has 3 fully saturated rings. The number of carbonyl (C=O) groups is 3. The molecule has 0 amide bonds. The molecule has 4 aliphatic carbocycles. The molecular formula is C32H48O8. The topological polar surface area (TPSA) is 141 Å². The van der Waals surface area contributed by atoms with Crippen LogP contribution in [0.3, 0.4) is 0 Å². The quantitative estimate of drug-likeness (QED) is 0.228. The van der Waals surface area contributed by atoms with E-state index >= 15 is 0 Å². The third kappa shape index (κ3) is 4.19. The molecule has 10 atom stereocenters. The highest BCUT2D eigenvalue weighted by molar-refractivity contribution is 5.97. The molecule has 0 aromatic carbocycles. The molecule has 8 nitrogen and oxygen atoms in total. The first-order chi connectivity index (χ1) is 18.1. The number of hydrogen-bond donors (Lipinski definition) is 4. The van der Waals surface area contributed by atoms with E-state index in [1.165, 1.54) is 26.0 Å². The molecule has 0 saturated heterocycles. The number of hydrogen-bond acceptors (Lipinski definition) is 8. The first-order valence-electron chi connectivity index (χ1n) is 14.5. The summed E-state index contributed by atoms with van der Waals surface area (Å²) in [6.45, 7) is 15.7. The second-order valence-electron chi connectivity index (χ2n) is 15.0. The van der Waals surface area contributed by atoms with Gasteiger partial charge in [-0.15, -0.1) is 0 Å². The fourth-order valence-corrected chi connectivity index (χ4v) is 9.55. The number of ether oxygens (including phenoxy) is 1. The zero-order valence-electron chi connectivity index (χ0n) is 25.4. The minimum absolute atomic E-state index is 0.00125. The number of esters is 1. The molecule has 3 saturated carbocycles. The van der Waals surface area contributed by atoms with Crippen LogP contribution >= 0.6 is 0 Å². The average Bonchev–Trinajstić information content (AvgIpc) is 3.01. The summed E-state index contributed by atoms with van der Waals surface area (Å²) < 4.78 is 5.23. The minimum Gasteiger partial charge on any atom is -0.456 e. The highest BCUT2D eigenvalue weighted by atomic mass is 16.6. The molecule has 4 N–H and O–H groups in total. The van der Waals surface area contributed by atoms with Crippen molar-refractivity contribution in [1.82, 2.24) is 0 Å². The first kappa shape index (κ1) is 31.1. The van der Waals surface area contributed by atoms with E-state index in [0.717, 1.165) is 5.57 Å². The Hall–Kier alpha value is -1.87. The number of Topliss-reactive ketones (excluding diaryl/α,β-unsaturated/α-hetero) is 1. The lowest BCUT2D eigenvalue weighted by Crippen LogP contribution is -2.65. The van der Waals surface area contributed by atoms with Crippen LogP contribution in [0.5, 0.6) is 0 Å². The Labute approximate surface area is 237 Å². The highest BCUT2D eigenvalue weighted by Crippen LogP contribution is 2.74. The summed E-state index contributed by atoms with van der Waals surface area (Å²) in [6.07, 6.45) is 3.10. The lowest BCUT2D eigenvalue weighted by molar-refractivity contribution is -0.186. The van der Waals surface area contributed by atoms with E-state index < -0.39 is 68.8 Å². The zero-order chi connectivity index (χ0) is 30.4. The lowest BCUT2D eigenvalue weighted by Gasteiger charge is -2.65. The SMILES string of the molecule is CC(=O)OC(C)(C)/C=C/C(=O)[C@](C)(O)[C@H]1[C@H](O)C[C@@]2(C)[C@@H]3CC=C4[C@@H](C[C@H](O)[C@@H](O)C4(C)C)[C@@]3(C)C(=O)C[C@]12C. The molecule has 8 heteroatoms. The molecule has 0 aromatic rings. The Morgan fingerprint density at radius 1 is 1.02 bits per heavy atom. The standard InChI is InChI=1S/C32H48O8/c1-17(33)40-27(2,3)13-12-23(36)32(9,39)25-21(35)15-29(6)22-11-10-18-19(14-20(34)26(38)28(18,4)5)31(22,8)24(37)16-30(25,29)7/h10,12-13,19-22,25-26,34-35,38-39H,11,14-16H2,1-9H3/b13-12+/t19-,20+,21-,22+,25+,26-,29+,30-,31-,32+/m1/s1. The van der Waals surface area contributed by atoms with Gasteiger partial charge < -0.3 is 25.2 Å². The van der Waals surface area contributed by atoms with E-state index in [2.05, 4.69) is 13.0 Å². The second kappa shape index (κ2) is 9.32. The van der Waals surface area contributed by atoms with Crippen molar-refractivity contribution in [3.63, 3.8) is 0 Å². The van der Waals surface area contributed by atoms with Gasteiger partial charge >= 0.3 is 5.97 Å². The molecular weight excluding hydrogens is 512 g/mol. The van der Waals surface area contributed by atoms with Crippen LogP contribution in [0.1, 0.15) is 88.0 Å². The summed E-state index contributed by atoms with van der Waals surface area (Å²) >= 11 is 0. The molecule has 224 valence electrons. The predicted octanol–water partition coefficient (Wildman–Crippen LogP) is 3.29. The van der Waals surface area contributed by atoms with Crippen molar-refractivity contribution in [3.8, 4) is 0 Å². The van der Waals surface area contributed by atoms with Crippen LogP contribution in [0.4, 0.5) is 0 Å². The van der Waals surface area contributed by atoms with Crippen molar-refractivity contribution >= 4 is 17.5 Å². The van der Waals surface area contributed by atoms with Crippen LogP contribution in [0.25, 0.3) is 0 Å². The number of aliphatic hydroxyl groups excluding tert-OH is 3. The van der Waals surface area contributed by atoms with Gasteiger partial charge in [0.1, 0.15) is 17.0 Å². The fourth-order valence-electron chi connectivity index (χ4n) is 9.55. The monoisotopic (exact) mass is 560 g/mol. The van der Waals surface area contributed by atoms with Crippen molar-refractivity contribution < 1.29 is 39.5 Å². The summed E-state index contributed by atoms with van der Waals surface area (Å²) in [5, 5.41) is 44.9. The molecule has 40 heavy (non-hydrogen) atoms. The van der Waals surface area contributed by atoms with E-state index in [1.807, 2.05) is 27.7 Å². The number of ketones is 2. The van der Waals surface area contributed by atoms with E-state index in [1.54, 1.807) is 13.8 Å². The molecule has 0 aliphatic heterocycles. The Morgan fingerprint density at radius 3 is 2.20 bits per heavy atom. The lowest BCUT2D eigenvalue weighted by atomic mass is 9.38. The zero-order valence-corrected chi connectivity index (χ0v) is 25.4. The van der Waals surface area contributed by atoms with Crippen LogP contribution < -0.4 is 0 Å². The largest absolute Gasteiger partial charge is 0.456 e. The van der Waals surface area contributed by atoms with Crippen LogP contribution in [0.15, 0.2) is 23.8 Å². The van der Waals surface area contributed by atoms with Crippen LogP contribution in [-0.2, 0) is 19.1 Å². The third-order valence-corrected chi connectivity index (χ3v) is 11.8. The van der Waals surface area contributed by atoms with E-state index in [4.69, 9.17) is 4.74 Å². The van der Waals surface area contributed by atoms with Crippen molar-refractivity contribution in [3.05, 3.63) is 23.8 Å². The molecule has 0 unspecified atom stereocenters. The summed E-state index contributed by atoms with van der Waals surface area (Å²) in [4.78, 5) is 39.2. The van der Waals surface area contributed by atoms with E-state index in [-0.39, 0.29) is 30.5 Å². The molecule has 0 heterocycles. The molecule has 0 aromatic heterocycles. The van der Waals surface area contributed by atoms with Crippen molar-refractivity contribution in [2.75, 3.05) is 0 Å². The number of aliphatic hydroxyl groups is 4. The van der Waals surface area contributed by atoms with Gasteiger partial charge in [0.25, 0.3) is 0 Å². The van der Waals surface area contributed by atoms with Gasteiger partial charge in [0, 0.05) is 30.1 Å². The number of rotatable bonds is 5. The van der Waals surface area contributed by atoms with Gasteiger partial charge in [-0.25, -0.2) is 0 Å². The molecule has 4 rings (SSSR count). The maximum atomic E-state index is 14.3. The van der Waals surface area contributed by atoms with Gasteiger partial charge in [-0.2, -0.15) is 0 Å². The Balaban J connectivity index is 1.74. The number of fused-ring (bicyclic) bond motifs is 5. The van der Waals surface area contributed by atoms with Crippen LogP contribution in [0, 0.1) is 39.4 Å². The summed E-state index contributed by atoms with van der Waals surface area (Å²) in [5.74, 6) is -2.48. The van der Waals surface area contributed by atoms with Gasteiger partial charge in [-0.1, -0.05) is 46.3 Å². The molecule has 0 bridgehead atoms. The Morgan fingerprint density at radius 2 is 1.62 bits per heavy atom. The number of allylic oxidation sites excluding steroid dienone is 1. The summed E-state index contributed by atoms with van der Waals surface area (Å²) in [6, 6.07) is 0. The van der Waals surface area contributed by atoms with Crippen molar-refractivity contribution in [2.24, 2.45) is 39.4 Å². The highest BCUT2D eigenvalue weighted by Gasteiger charge is 2.74. The van der Waals surface area contributed by atoms with Gasteiger partial charge in [0.05, 0.1) is 18.3 Å². The molecule has 0 spiro atoms. The van der Waals surface area contributed by atoms with Gasteiger partial charge in [0.2, 0.25) is 0 Å². The minimum atomic E-state index is -1.98. The normalized spacial score (nSPS) is 44.2. The van der Waals surface area contributed by atoms with Crippen LogP contribution in [0.2, 0.25) is 0 Å². The fraction of sp³-hybridized carbons (Fsp3) is 0.781. The van der Waals surface area contributed by atoms with E-state index in [9.17, 15) is 34.8 Å². The third-order valence-electron chi connectivity index (χ3n) is 11.8. The van der Waals surface area contributed by atoms with Gasteiger partial charge in [0.15, 0.2) is 5.78 Å². The Bertz CT molecular complexity index is 1160. The maximum Gasteiger partial charge on any atom is 0.303 e. The maximum absolute atomic E-state index is 14.3. The van der Waals surface area contributed by atoms with Gasteiger partial charge in [-0.05, 0) is 74.9 Å². The number of carbonyl (C=O) groups excluding carboxylic acids is 3. The summed E-state index contributed by atoms with van der Waals surface area (Å²) in [7, 11) is 0. The smallest absolute Gasteiger partial charge is 0.303 e. The molecule has 0 radical (unpaired) electrons.